The summed E-state index contributed by atoms with van der Waals surface area (Å²) in [6.45, 7) is 0.452. The molecule has 0 atom stereocenters. The van der Waals surface area contributed by atoms with Crippen LogP contribution in [0.1, 0.15) is 11.1 Å². The van der Waals surface area contributed by atoms with E-state index < -0.39 is 5.82 Å². The molecule has 1 N–H and O–H groups in total. The van der Waals surface area contributed by atoms with Crippen LogP contribution in [0.25, 0.3) is 11.0 Å². The fourth-order valence-electron chi connectivity index (χ4n) is 2.25. The molecule has 0 fully saturated rings. The first-order valence-electron chi connectivity index (χ1n) is 6.15. The topological polar surface area (TPSA) is 44.5 Å². The maximum Gasteiger partial charge on any atom is 0.178 e. The summed E-state index contributed by atoms with van der Waals surface area (Å²) in [4.78, 5) is 3.04. The number of nitrogens with zero attached hydrogens (tertiary/aromatic N) is 2. The van der Waals surface area contributed by atoms with Gasteiger partial charge in [-0.1, -0.05) is 23.7 Å². The first-order chi connectivity index (χ1) is 10.1. The molecule has 1 aromatic heterocycles. The molecule has 0 aliphatic carbocycles. The van der Waals surface area contributed by atoms with Gasteiger partial charge in [0, 0.05) is 0 Å². The lowest BCUT2D eigenvalue weighted by Crippen LogP contribution is -2.00. The number of hydrogen-bond acceptors (Lipinski definition) is 2. The molecule has 0 amide bonds. The van der Waals surface area contributed by atoms with Gasteiger partial charge in [-0.15, -0.1) is 0 Å². The molecule has 0 aliphatic rings. The van der Waals surface area contributed by atoms with E-state index in [9.17, 15) is 4.39 Å². The van der Waals surface area contributed by atoms with Crippen molar-refractivity contribution in [3.05, 3.63) is 63.1 Å². The van der Waals surface area contributed by atoms with Gasteiger partial charge in [0.2, 0.25) is 0 Å². The molecular formula is C15H9ClFN3S. The zero-order chi connectivity index (χ0) is 15.0. The van der Waals surface area contributed by atoms with Crippen molar-refractivity contribution in [2.24, 2.45) is 0 Å². The Balaban J connectivity index is 2.13. The third-order valence-corrected chi connectivity index (χ3v) is 3.87. The molecule has 0 saturated heterocycles. The first kappa shape index (κ1) is 13.8. The van der Waals surface area contributed by atoms with Crippen LogP contribution in [0, 0.1) is 21.9 Å². The quantitative estimate of drug-likeness (QED) is 0.711. The molecular weight excluding hydrogens is 309 g/mol. The second-order valence-electron chi connectivity index (χ2n) is 4.58. The molecule has 0 radical (unpaired) electrons. The number of fused-ring (bicyclic) bond motifs is 1. The van der Waals surface area contributed by atoms with Crippen molar-refractivity contribution in [2.45, 2.75) is 6.54 Å². The molecule has 0 unspecified atom stereocenters. The van der Waals surface area contributed by atoms with Crippen molar-refractivity contribution < 1.29 is 4.39 Å². The maximum absolute atomic E-state index is 13.2. The Morgan fingerprint density at radius 2 is 2.14 bits per heavy atom. The van der Waals surface area contributed by atoms with E-state index in [1.807, 2.05) is 10.6 Å². The summed E-state index contributed by atoms with van der Waals surface area (Å²) in [5.41, 5.74) is 2.91. The van der Waals surface area contributed by atoms with Crippen LogP contribution in [0.3, 0.4) is 0 Å². The number of halogens is 2. The largest absolute Gasteiger partial charge is 0.329 e. The SMILES string of the molecule is N#Cc1cccc2c1[nH]c(=S)n2Cc1ccc(F)c(Cl)c1. The van der Waals surface area contributed by atoms with Gasteiger partial charge in [0.1, 0.15) is 11.9 Å². The van der Waals surface area contributed by atoms with Crippen LogP contribution < -0.4 is 0 Å². The van der Waals surface area contributed by atoms with Crippen LogP contribution in [-0.4, -0.2) is 9.55 Å². The number of benzene rings is 2. The molecule has 1 heterocycles. The molecule has 0 saturated carbocycles. The van der Waals surface area contributed by atoms with E-state index >= 15 is 0 Å². The zero-order valence-corrected chi connectivity index (χ0v) is 12.3. The van der Waals surface area contributed by atoms with E-state index in [-0.39, 0.29) is 5.02 Å². The minimum Gasteiger partial charge on any atom is -0.329 e. The Morgan fingerprint density at radius 1 is 1.33 bits per heavy atom. The lowest BCUT2D eigenvalue weighted by Gasteiger charge is -2.06. The first-order valence-corrected chi connectivity index (χ1v) is 6.94. The summed E-state index contributed by atoms with van der Waals surface area (Å²) in [6, 6.07) is 12.1. The highest BCUT2D eigenvalue weighted by molar-refractivity contribution is 7.71. The predicted octanol–water partition coefficient (Wildman–Crippen LogP) is 4.41. The molecule has 3 nitrogen and oxygen atoms in total. The Bertz CT molecular complexity index is 936. The van der Waals surface area contributed by atoms with E-state index in [2.05, 4.69) is 11.1 Å². The zero-order valence-electron chi connectivity index (χ0n) is 10.7. The summed E-state index contributed by atoms with van der Waals surface area (Å²) < 4.78 is 15.6. The van der Waals surface area contributed by atoms with Crippen molar-refractivity contribution >= 4 is 34.9 Å². The van der Waals surface area contributed by atoms with Crippen molar-refractivity contribution in [3.8, 4) is 6.07 Å². The molecule has 6 heteroatoms. The number of nitriles is 1. The highest BCUT2D eigenvalue weighted by Crippen LogP contribution is 2.21. The number of aromatic amines is 1. The second kappa shape index (κ2) is 5.32. The van der Waals surface area contributed by atoms with Gasteiger partial charge in [-0.05, 0) is 42.0 Å². The molecule has 3 aromatic rings. The van der Waals surface area contributed by atoms with Crippen LogP contribution in [0.4, 0.5) is 4.39 Å². The number of H-pyrrole nitrogens is 1. The monoisotopic (exact) mass is 317 g/mol. The van der Waals surface area contributed by atoms with Crippen LogP contribution in [0.15, 0.2) is 36.4 Å². The average molecular weight is 318 g/mol. The van der Waals surface area contributed by atoms with Gasteiger partial charge < -0.3 is 9.55 Å². The fraction of sp³-hybridized carbons (Fsp3) is 0.0667. The van der Waals surface area contributed by atoms with E-state index in [0.29, 0.717) is 22.4 Å². The third-order valence-electron chi connectivity index (χ3n) is 3.26. The normalized spacial score (nSPS) is 10.7. The van der Waals surface area contributed by atoms with Crippen molar-refractivity contribution in [2.75, 3.05) is 0 Å². The Labute approximate surface area is 130 Å². The van der Waals surface area contributed by atoms with Crippen molar-refractivity contribution in [3.63, 3.8) is 0 Å². The van der Waals surface area contributed by atoms with E-state index in [1.54, 1.807) is 24.3 Å². The van der Waals surface area contributed by atoms with Crippen molar-refractivity contribution in [1.82, 2.24) is 9.55 Å². The lowest BCUT2D eigenvalue weighted by atomic mass is 10.2. The molecule has 0 aliphatic heterocycles. The van der Waals surface area contributed by atoms with Gasteiger partial charge in [-0.25, -0.2) is 4.39 Å². The number of para-hydroxylation sites is 1. The minimum atomic E-state index is -0.449. The molecule has 2 aromatic carbocycles. The van der Waals surface area contributed by atoms with Crippen LogP contribution >= 0.6 is 23.8 Å². The Kier molecular flexibility index (Phi) is 3.50. The van der Waals surface area contributed by atoms with Gasteiger partial charge in [-0.2, -0.15) is 5.26 Å². The van der Waals surface area contributed by atoms with E-state index in [0.717, 1.165) is 11.1 Å². The summed E-state index contributed by atoms with van der Waals surface area (Å²) in [7, 11) is 0. The highest BCUT2D eigenvalue weighted by atomic mass is 35.5. The van der Waals surface area contributed by atoms with Gasteiger partial charge in [0.25, 0.3) is 0 Å². The molecule has 0 spiro atoms. The summed E-state index contributed by atoms with van der Waals surface area (Å²) >= 11 is 11.1. The van der Waals surface area contributed by atoms with Crippen LogP contribution in [0.5, 0.6) is 0 Å². The van der Waals surface area contributed by atoms with Gasteiger partial charge in [0.15, 0.2) is 4.77 Å². The molecule has 104 valence electrons. The minimum absolute atomic E-state index is 0.0802. The Morgan fingerprint density at radius 3 is 2.86 bits per heavy atom. The second-order valence-corrected chi connectivity index (χ2v) is 5.37. The molecule has 21 heavy (non-hydrogen) atoms. The van der Waals surface area contributed by atoms with Crippen molar-refractivity contribution in [1.29, 1.82) is 5.26 Å². The Hall–Kier alpha value is -2.16. The van der Waals surface area contributed by atoms with Crippen LogP contribution in [0.2, 0.25) is 5.02 Å². The molecule has 3 rings (SSSR count). The smallest absolute Gasteiger partial charge is 0.178 e. The predicted molar refractivity (Wildman–Crippen MR) is 82.3 cm³/mol. The highest BCUT2D eigenvalue weighted by Gasteiger charge is 2.09. The molecule has 0 bridgehead atoms. The lowest BCUT2D eigenvalue weighted by molar-refractivity contribution is 0.627. The summed E-state index contributed by atoms with van der Waals surface area (Å²) in [6.07, 6.45) is 0. The average Bonchev–Trinajstić information content (AvgIpc) is 2.79. The van der Waals surface area contributed by atoms with Crippen LogP contribution in [-0.2, 0) is 6.54 Å². The van der Waals surface area contributed by atoms with Gasteiger partial charge in [0.05, 0.1) is 28.2 Å². The van der Waals surface area contributed by atoms with E-state index in [1.165, 1.54) is 6.07 Å². The third kappa shape index (κ3) is 2.44. The van der Waals surface area contributed by atoms with E-state index in [4.69, 9.17) is 29.1 Å². The number of hydrogen-bond donors (Lipinski definition) is 1. The number of imidazole rings is 1. The number of aromatic nitrogens is 2. The van der Waals surface area contributed by atoms with Gasteiger partial charge >= 0.3 is 0 Å². The fourth-order valence-corrected chi connectivity index (χ4v) is 2.72. The number of nitrogens with one attached hydrogen (secondary N) is 1. The standard InChI is InChI=1S/C15H9ClFN3S/c16-11-6-9(4-5-12(11)17)8-20-13-3-1-2-10(7-18)14(13)19-15(20)21/h1-6H,8H2,(H,19,21). The maximum atomic E-state index is 13.2. The van der Waals surface area contributed by atoms with Gasteiger partial charge in [-0.3, -0.25) is 0 Å². The summed E-state index contributed by atoms with van der Waals surface area (Å²) in [5, 5.41) is 9.20. The number of rotatable bonds is 2. The summed E-state index contributed by atoms with van der Waals surface area (Å²) in [5.74, 6) is -0.449.